The summed E-state index contributed by atoms with van der Waals surface area (Å²) in [7, 11) is 4.57. The molecule has 2 amide bonds. The number of carbonyl (C=O) groups excluding carboxylic acids is 2. The van der Waals surface area contributed by atoms with Crippen LogP contribution >= 0.6 is 0 Å². The molecule has 1 aliphatic rings. The van der Waals surface area contributed by atoms with Crippen molar-refractivity contribution in [2.75, 3.05) is 38.1 Å². The molecule has 7 nitrogen and oxygen atoms in total. The number of para-hydroxylation sites is 1. The Kier molecular flexibility index (Phi) is 6.03. The van der Waals surface area contributed by atoms with Gasteiger partial charge in [-0.15, -0.1) is 0 Å². The van der Waals surface area contributed by atoms with Gasteiger partial charge in [0.25, 0.3) is 5.91 Å². The molecule has 0 aliphatic carbocycles. The van der Waals surface area contributed by atoms with Gasteiger partial charge in [-0.25, -0.2) is 0 Å². The highest BCUT2D eigenvalue weighted by Crippen LogP contribution is 2.35. The molecule has 0 atom stereocenters. The minimum atomic E-state index is -0.336. The summed E-state index contributed by atoms with van der Waals surface area (Å²) in [6.45, 7) is 0.635. The number of rotatable bonds is 6. The number of amides is 2. The van der Waals surface area contributed by atoms with Gasteiger partial charge in [0.1, 0.15) is 5.75 Å². The number of benzene rings is 2. The van der Waals surface area contributed by atoms with E-state index in [0.29, 0.717) is 47.2 Å². The van der Waals surface area contributed by atoms with E-state index in [0.717, 1.165) is 12.8 Å². The zero-order valence-electron chi connectivity index (χ0n) is 16.3. The van der Waals surface area contributed by atoms with E-state index in [2.05, 4.69) is 5.32 Å². The van der Waals surface area contributed by atoms with E-state index >= 15 is 0 Å². The van der Waals surface area contributed by atoms with Gasteiger partial charge < -0.3 is 24.4 Å². The van der Waals surface area contributed by atoms with Gasteiger partial charge in [-0.1, -0.05) is 6.07 Å². The molecule has 0 unspecified atom stereocenters. The second kappa shape index (κ2) is 8.65. The van der Waals surface area contributed by atoms with Crippen LogP contribution in [-0.4, -0.2) is 39.7 Å². The topological polar surface area (TPSA) is 77.1 Å². The van der Waals surface area contributed by atoms with Crippen LogP contribution in [0.4, 0.5) is 11.4 Å². The Morgan fingerprint density at radius 2 is 1.79 bits per heavy atom. The molecule has 28 heavy (non-hydrogen) atoms. The lowest BCUT2D eigenvalue weighted by molar-refractivity contribution is -0.119. The van der Waals surface area contributed by atoms with Gasteiger partial charge in [-0.3, -0.25) is 9.59 Å². The first-order valence-electron chi connectivity index (χ1n) is 9.09. The van der Waals surface area contributed by atoms with Gasteiger partial charge in [0.2, 0.25) is 5.91 Å². The number of hydrogen-bond acceptors (Lipinski definition) is 5. The number of anilines is 2. The molecule has 0 aromatic heterocycles. The number of ether oxygens (including phenoxy) is 3. The summed E-state index contributed by atoms with van der Waals surface area (Å²) in [6.07, 6.45) is 2.34. The average molecular weight is 384 g/mol. The minimum Gasteiger partial charge on any atom is -0.495 e. The normalized spacial score (nSPS) is 13.8. The van der Waals surface area contributed by atoms with Crippen LogP contribution in [-0.2, 0) is 4.79 Å². The Balaban J connectivity index is 1.90. The highest BCUT2D eigenvalue weighted by atomic mass is 16.5. The van der Waals surface area contributed by atoms with Crippen molar-refractivity contribution in [2.45, 2.75) is 19.3 Å². The number of carbonyl (C=O) groups is 2. The third-order valence-corrected chi connectivity index (χ3v) is 4.70. The van der Waals surface area contributed by atoms with Crippen LogP contribution in [0.15, 0.2) is 36.4 Å². The van der Waals surface area contributed by atoms with Gasteiger partial charge in [-0.2, -0.15) is 0 Å². The average Bonchev–Trinajstić information content (AvgIpc) is 2.73. The second-order valence-corrected chi connectivity index (χ2v) is 6.38. The Hall–Kier alpha value is -3.22. The summed E-state index contributed by atoms with van der Waals surface area (Å²) in [5.74, 6) is 1.15. The molecular weight excluding hydrogens is 360 g/mol. The van der Waals surface area contributed by atoms with E-state index in [4.69, 9.17) is 14.2 Å². The fourth-order valence-electron chi connectivity index (χ4n) is 3.30. The highest BCUT2D eigenvalue weighted by Gasteiger charge is 2.23. The van der Waals surface area contributed by atoms with E-state index in [-0.39, 0.29) is 11.8 Å². The first-order chi connectivity index (χ1) is 13.6. The predicted molar refractivity (Wildman–Crippen MR) is 107 cm³/mol. The van der Waals surface area contributed by atoms with Gasteiger partial charge in [0, 0.05) is 18.7 Å². The summed E-state index contributed by atoms with van der Waals surface area (Å²) in [5.41, 5.74) is 1.57. The van der Waals surface area contributed by atoms with Crippen LogP contribution in [0.5, 0.6) is 17.2 Å². The maximum atomic E-state index is 12.8. The maximum Gasteiger partial charge on any atom is 0.259 e. The quantitative estimate of drug-likeness (QED) is 0.825. The first-order valence-corrected chi connectivity index (χ1v) is 9.09. The zero-order valence-corrected chi connectivity index (χ0v) is 16.3. The molecule has 0 spiro atoms. The fourth-order valence-corrected chi connectivity index (χ4v) is 3.30. The Labute approximate surface area is 164 Å². The van der Waals surface area contributed by atoms with Crippen molar-refractivity contribution in [1.29, 1.82) is 0 Å². The molecule has 3 rings (SSSR count). The van der Waals surface area contributed by atoms with E-state index < -0.39 is 0 Å². The van der Waals surface area contributed by atoms with Gasteiger partial charge >= 0.3 is 0 Å². The highest BCUT2D eigenvalue weighted by molar-refractivity contribution is 6.07. The van der Waals surface area contributed by atoms with E-state index in [1.54, 1.807) is 48.4 Å². The molecule has 0 saturated carbocycles. The van der Waals surface area contributed by atoms with Crippen LogP contribution in [0.2, 0.25) is 0 Å². The molecule has 1 fully saturated rings. The van der Waals surface area contributed by atoms with Gasteiger partial charge in [0.15, 0.2) is 11.5 Å². The molecule has 1 N–H and O–H groups in total. The monoisotopic (exact) mass is 384 g/mol. The largest absolute Gasteiger partial charge is 0.495 e. The summed E-state index contributed by atoms with van der Waals surface area (Å²) in [5, 5.41) is 2.86. The molecule has 148 valence electrons. The van der Waals surface area contributed by atoms with Crippen LogP contribution in [0.3, 0.4) is 0 Å². The molecule has 1 saturated heterocycles. The van der Waals surface area contributed by atoms with Crippen LogP contribution in [0.1, 0.15) is 29.6 Å². The molecule has 0 bridgehead atoms. The Morgan fingerprint density at radius 3 is 2.46 bits per heavy atom. The number of piperidine rings is 1. The molecular formula is C21H24N2O5. The molecule has 1 aliphatic heterocycles. The number of hydrogen-bond donors (Lipinski definition) is 1. The maximum absolute atomic E-state index is 12.8. The summed E-state index contributed by atoms with van der Waals surface area (Å²) in [6, 6.07) is 10.4. The summed E-state index contributed by atoms with van der Waals surface area (Å²) < 4.78 is 16.0. The van der Waals surface area contributed by atoms with E-state index in [1.807, 2.05) is 0 Å². The van der Waals surface area contributed by atoms with Crippen molar-refractivity contribution >= 4 is 23.2 Å². The minimum absolute atomic E-state index is 0.0579. The van der Waals surface area contributed by atoms with E-state index in [9.17, 15) is 9.59 Å². The molecule has 2 aromatic rings. The number of nitrogens with one attached hydrogen (secondary N) is 1. The van der Waals surface area contributed by atoms with Crippen molar-refractivity contribution in [2.24, 2.45) is 0 Å². The third-order valence-electron chi connectivity index (χ3n) is 4.70. The molecule has 7 heteroatoms. The van der Waals surface area contributed by atoms with Crippen molar-refractivity contribution < 1.29 is 23.8 Å². The summed E-state index contributed by atoms with van der Waals surface area (Å²) >= 11 is 0. The fraction of sp³-hybridized carbons (Fsp3) is 0.333. The lowest BCUT2D eigenvalue weighted by atomic mass is 10.1. The summed E-state index contributed by atoms with van der Waals surface area (Å²) in [4.78, 5) is 26.8. The van der Waals surface area contributed by atoms with Crippen molar-refractivity contribution in [1.82, 2.24) is 0 Å². The van der Waals surface area contributed by atoms with E-state index in [1.165, 1.54) is 14.2 Å². The van der Waals surface area contributed by atoms with Crippen LogP contribution in [0, 0.1) is 0 Å². The number of nitrogens with zero attached hydrogens (tertiary/aromatic N) is 1. The second-order valence-electron chi connectivity index (χ2n) is 6.38. The van der Waals surface area contributed by atoms with Crippen LogP contribution in [0.25, 0.3) is 0 Å². The van der Waals surface area contributed by atoms with Crippen molar-refractivity contribution in [3.8, 4) is 17.2 Å². The molecule has 2 aromatic carbocycles. The number of methoxy groups -OCH3 is 3. The standard InChI is InChI=1S/C21H24N2O5/c1-26-17-11-10-14(13-16(17)23-12-5-4-9-19(23)24)22-21(25)15-7-6-8-18(27-2)20(15)28-3/h6-8,10-11,13H,4-5,9,12H2,1-3H3,(H,22,25). The lowest BCUT2D eigenvalue weighted by Crippen LogP contribution is -2.35. The lowest BCUT2D eigenvalue weighted by Gasteiger charge is -2.28. The first kappa shape index (κ1) is 19.5. The molecule has 0 radical (unpaired) electrons. The van der Waals surface area contributed by atoms with Crippen molar-refractivity contribution in [3.05, 3.63) is 42.0 Å². The Morgan fingerprint density at radius 1 is 1.00 bits per heavy atom. The SMILES string of the molecule is COc1ccc(NC(=O)c2cccc(OC)c2OC)cc1N1CCCCC1=O. The van der Waals surface area contributed by atoms with Crippen molar-refractivity contribution in [3.63, 3.8) is 0 Å². The third kappa shape index (κ3) is 3.88. The van der Waals surface area contributed by atoms with Gasteiger partial charge in [-0.05, 0) is 43.2 Å². The zero-order chi connectivity index (χ0) is 20.1. The predicted octanol–water partition coefficient (Wildman–Crippen LogP) is 3.48. The smallest absolute Gasteiger partial charge is 0.259 e. The molecule has 1 heterocycles. The van der Waals surface area contributed by atoms with Gasteiger partial charge in [0.05, 0.1) is 32.6 Å². The van der Waals surface area contributed by atoms with Crippen LogP contribution < -0.4 is 24.4 Å². The Bertz CT molecular complexity index is 881.